The van der Waals surface area contributed by atoms with Gasteiger partial charge in [-0.05, 0) is 48.9 Å². The predicted molar refractivity (Wildman–Crippen MR) is 91.6 cm³/mol. The van der Waals surface area contributed by atoms with Crippen LogP contribution in [0.2, 0.25) is 0 Å². The zero-order valence-corrected chi connectivity index (χ0v) is 13.8. The lowest BCUT2D eigenvalue weighted by atomic mass is 10.1. The third kappa shape index (κ3) is 4.81. The van der Waals surface area contributed by atoms with E-state index in [9.17, 15) is 19.5 Å². The van der Waals surface area contributed by atoms with Crippen LogP contribution in [0.5, 0.6) is 5.75 Å². The Labute approximate surface area is 144 Å². The Morgan fingerprint density at radius 1 is 1.08 bits per heavy atom. The number of nitrogens with one attached hydrogen (secondary N) is 2. The average molecular weight is 342 g/mol. The number of benzene rings is 2. The minimum Gasteiger partial charge on any atom is -0.507 e. The molecule has 0 unspecified atom stereocenters. The van der Waals surface area contributed by atoms with E-state index in [2.05, 4.69) is 10.6 Å². The number of aryl methyl sites for hydroxylation is 1. The zero-order valence-electron chi connectivity index (χ0n) is 13.8. The smallest absolute Gasteiger partial charge is 0.342 e. The highest BCUT2D eigenvalue weighted by molar-refractivity contribution is 5.97. The highest BCUT2D eigenvalue weighted by Crippen LogP contribution is 2.19. The van der Waals surface area contributed by atoms with Crippen molar-refractivity contribution >= 4 is 23.5 Å². The molecule has 0 spiro atoms. The SMILES string of the molecule is CNC(=O)c1ccc(NC(=O)COC(=O)c2ccc(C)cc2O)cc1. The van der Waals surface area contributed by atoms with E-state index in [0.29, 0.717) is 11.3 Å². The molecule has 2 rings (SSSR count). The molecule has 0 saturated heterocycles. The lowest BCUT2D eigenvalue weighted by molar-refractivity contribution is -0.119. The molecule has 2 aromatic carbocycles. The molecule has 0 bridgehead atoms. The second kappa shape index (κ2) is 7.96. The lowest BCUT2D eigenvalue weighted by Crippen LogP contribution is -2.21. The van der Waals surface area contributed by atoms with Crippen LogP contribution >= 0.6 is 0 Å². The second-order valence-corrected chi connectivity index (χ2v) is 5.30. The van der Waals surface area contributed by atoms with E-state index in [1.165, 1.54) is 19.2 Å². The first-order chi connectivity index (χ1) is 11.9. The number of hydrogen-bond donors (Lipinski definition) is 3. The molecule has 3 N–H and O–H groups in total. The van der Waals surface area contributed by atoms with Gasteiger partial charge >= 0.3 is 5.97 Å². The molecule has 0 aliphatic heterocycles. The number of amides is 2. The Bertz CT molecular complexity index is 800. The van der Waals surface area contributed by atoms with Gasteiger partial charge in [0.2, 0.25) is 0 Å². The van der Waals surface area contributed by atoms with Crippen LogP contribution in [-0.2, 0) is 9.53 Å². The summed E-state index contributed by atoms with van der Waals surface area (Å²) in [7, 11) is 1.53. The van der Waals surface area contributed by atoms with E-state index in [4.69, 9.17) is 4.74 Å². The van der Waals surface area contributed by atoms with Crippen LogP contribution in [0.1, 0.15) is 26.3 Å². The number of phenols is 1. The maximum absolute atomic E-state index is 11.9. The minimum absolute atomic E-state index is 0.00618. The van der Waals surface area contributed by atoms with Crippen molar-refractivity contribution in [3.63, 3.8) is 0 Å². The van der Waals surface area contributed by atoms with Gasteiger partial charge in [-0.25, -0.2) is 4.79 Å². The third-order valence-electron chi connectivity index (χ3n) is 3.37. The average Bonchev–Trinajstić information content (AvgIpc) is 2.59. The number of esters is 1. The summed E-state index contributed by atoms with van der Waals surface area (Å²) in [5.74, 6) is -1.75. The fourth-order valence-corrected chi connectivity index (χ4v) is 2.07. The van der Waals surface area contributed by atoms with E-state index >= 15 is 0 Å². The Morgan fingerprint density at radius 3 is 2.36 bits per heavy atom. The zero-order chi connectivity index (χ0) is 18.4. The van der Waals surface area contributed by atoms with Crippen LogP contribution < -0.4 is 10.6 Å². The van der Waals surface area contributed by atoms with E-state index in [1.807, 2.05) is 0 Å². The highest BCUT2D eigenvalue weighted by atomic mass is 16.5. The van der Waals surface area contributed by atoms with E-state index < -0.39 is 18.5 Å². The predicted octanol–water partition coefficient (Wildman–Crippen LogP) is 1.86. The summed E-state index contributed by atoms with van der Waals surface area (Å²) in [5, 5.41) is 14.8. The van der Waals surface area contributed by atoms with E-state index in [0.717, 1.165) is 5.56 Å². The quantitative estimate of drug-likeness (QED) is 0.719. The van der Waals surface area contributed by atoms with Crippen LogP contribution in [0.25, 0.3) is 0 Å². The van der Waals surface area contributed by atoms with Crippen LogP contribution in [0.4, 0.5) is 5.69 Å². The van der Waals surface area contributed by atoms with Gasteiger partial charge in [0.1, 0.15) is 11.3 Å². The first-order valence-electron chi connectivity index (χ1n) is 7.49. The number of carbonyl (C=O) groups is 3. The topological polar surface area (TPSA) is 105 Å². The minimum atomic E-state index is -0.789. The first kappa shape index (κ1) is 18.0. The van der Waals surface area contributed by atoms with Crippen molar-refractivity contribution in [3.8, 4) is 5.75 Å². The van der Waals surface area contributed by atoms with Crippen molar-refractivity contribution in [1.29, 1.82) is 0 Å². The van der Waals surface area contributed by atoms with Gasteiger partial charge in [0.15, 0.2) is 6.61 Å². The Hall–Kier alpha value is -3.35. The normalized spacial score (nSPS) is 10.0. The lowest BCUT2D eigenvalue weighted by Gasteiger charge is -2.08. The fraction of sp³-hybridized carbons (Fsp3) is 0.167. The van der Waals surface area contributed by atoms with Crippen molar-refractivity contribution in [2.24, 2.45) is 0 Å². The van der Waals surface area contributed by atoms with Gasteiger partial charge in [-0.15, -0.1) is 0 Å². The molecule has 25 heavy (non-hydrogen) atoms. The van der Waals surface area contributed by atoms with Crippen LogP contribution in [0.3, 0.4) is 0 Å². The monoisotopic (exact) mass is 342 g/mol. The number of anilines is 1. The van der Waals surface area contributed by atoms with Gasteiger partial charge in [-0.3, -0.25) is 9.59 Å². The van der Waals surface area contributed by atoms with Gasteiger partial charge in [0, 0.05) is 18.3 Å². The van der Waals surface area contributed by atoms with Crippen LogP contribution in [0.15, 0.2) is 42.5 Å². The fourth-order valence-electron chi connectivity index (χ4n) is 2.07. The number of ether oxygens (including phenoxy) is 1. The Balaban J connectivity index is 1.90. The Kier molecular flexibility index (Phi) is 5.73. The summed E-state index contributed by atoms with van der Waals surface area (Å²) in [6, 6.07) is 10.8. The molecule has 2 aromatic rings. The molecule has 0 aromatic heterocycles. The van der Waals surface area contributed by atoms with Gasteiger partial charge in [0.05, 0.1) is 0 Å². The molecule has 0 aliphatic carbocycles. The molecular weight excluding hydrogens is 324 g/mol. The number of phenolic OH excluding ortho intramolecular Hbond substituents is 1. The summed E-state index contributed by atoms with van der Waals surface area (Å²) >= 11 is 0. The number of hydrogen-bond acceptors (Lipinski definition) is 5. The van der Waals surface area contributed by atoms with E-state index in [-0.39, 0.29) is 17.2 Å². The Morgan fingerprint density at radius 2 is 1.76 bits per heavy atom. The molecule has 7 heteroatoms. The van der Waals surface area contributed by atoms with Crippen molar-refractivity contribution in [1.82, 2.24) is 5.32 Å². The standard InChI is InChI=1S/C18H18N2O5/c1-11-3-8-14(15(21)9-11)18(24)25-10-16(22)20-13-6-4-12(5-7-13)17(23)19-2/h3-9,21H,10H2,1-2H3,(H,19,23)(H,20,22). The molecule has 0 atom stereocenters. The summed E-state index contributed by atoms with van der Waals surface area (Å²) in [6.07, 6.45) is 0. The maximum atomic E-state index is 11.9. The van der Waals surface area contributed by atoms with Crippen molar-refractivity contribution in [2.45, 2.75) is 6.92 Å². The van der Waals surface area contributed by atoms with Gasteiger partial charge in [-0.1, -0.05) is 6.07 Å². The molecule has 2 amide bonds. The molecular formula is C18H18N2O5. The first-order valence-corrected chi connectivity index (χ1v) is 7.49. The summed E-state index contributed by atoms with van der Waals surface area (Å²) in [5.41, 5.74) is 1.72. The van der Waals surface area contributed by atoms with Crippen molar-refractivity contribution in [3.05, 3.63) is 59.2 Å². The van der Waals surface area contributed by atoms with Crippen LogP contribution in [-0.4, -0.2) is 36.5 Å². The largest absolute Gasteiger partial charge is 0.507 e. The molecule has 0 heterocycles. The third-order valence-corrected chi connectivity index (χ3v) is 3.37. The molecule has 7 nitrogen and oxygen atoms in total. The second-order valence-electron chi connectivity index (χ2n) is 5.30. The van der Waals surface area contributed by atoms with Crippen molar-refractivity contribution in [2.75, 3.05) is 19.0 Å². The van der Waals surface area contributed by atoms with Gasteiger partial charge in [-0.2, -0.15) is 0 Å². The van der Waals surface area contributed by atoms with Crippen molar-refractivity contribution < 1.29 is 24.2 Å². The molecule has 130 valence electrons. The van der Waals surface area contributed by atoms with Gasteiger partial charge < -0.3 is 20.5 Å². The molecule has 0 fully saturated rings. The number of aromatic hydroxyl groups is 1. The summed E-state index contributed by atoms with van der Waals surface area (Å²) in [6.45, 7) is 1.28. The molecule has 0 radical (unpaired) electrons. The van der Waals surface area contributed by atoms with Crippen LogP contribution in [0, 0.1) is 6.92 Å². The molecule has 0 saturated carbocycles. The van der Waals surface area contributed by atoms with E-state index in [1.54, 1.807) is 37.3 Å². The molecule has 0 aliphatic rings. The van der Waals surface area contributed by atoms with Gasteiger partial charge in [0.25, 0.3) is 11.8 Å². The highest BCUT2D eigenvalue weighted by Gasteiger charge is 2.14. The summed E-state index contributed by atoms with van der Waals surface area (Å²) in [4.78, 5) is 35.1. The number of carbonyl (C=O) groups excluding carboxylic acids is 3. The maximum Gasteiger partial charge on any atom is 0.342 e. The number of rotatable bonds is 5. The summed E-state index contributed by atoms with van der Waals surface area (Å²) < 4.78 is 4.89.